The minimum atomic E-state index is -0.100. The van der Waals surface area contributed by atoms with Crippen LogP contribution in [0.3, 0.4) is 0 Å². The summed E-state index contributed by atoms with van der Waals surface area (Å²) >= 11 is 0. The minimum Gasteiger partial charge on any atom is -0.427 e. The molecule has 0 heterocycles. The molecule has 0 aliphatic heterocycles. The molecule has 0 aromatic rings. The summed E-state index contributed by atoms with van der Waals surface area (Å²) in [7, 11) is 0. The monoisotopic (exact) mass is 236 g/mol. The molecule has 0 fully saturated rings. The van der Waals surface area contributed by atoms with Gasteiger partial charge in [0.2, 0.25) is 0 Å². The molecule has 2 nitrogen and oxygen atoms in total. The molecule has 1 aliphatic rings. The Balaban J connectivity index is 2.40. The first-order valence-electron chi connectivity index (χ1n) is 6.83. The van der Waals surface area contributed by atoms with Crippen LogP contribution in [-0.2, 0) is 9.53 Å². The molecule has 96 valence electrons. The maximum absolute atomic E-state index is 11.5. The highest BCUT2D eigenvalue weighted by Gasteiger charge is 2.10. The van der Waals surface area contributed by atoms with E-state index in [0.29, 0.717) is 12.3 Å². The SMILES string of the molecule is CCCCC(=O)OC1=CCC(CCC)CC=C1. The molecule has 0 radical (unpaired) electrons. The second-order valence-electron chi connectivity index (χ2n) is 4.71. The second kappa shape index (κ2) is 8.10. The van der Waals surface area contributed by atoms with Crippen molar-refractivity contribution in [2.45, 2.75) is 58.8 Å². The van der Waals surface area contributed by atoms with Crippen molar-refractivity contribution in [3.8, 4) is 0 Å². The van der Waals surface area contributed by atoms with Gasteiger partial charge in [-0.25, -0.2) is 0 Å². The zero-order valence-electron chi connectivity index (χ0n) is 11.1. The van der Waals surface area contributed by atoms with Gasteiger partial charge in [-0.2, -0.15) is 0 Å². The first-order chi connectivity index (χ1) is 8.26. The summed E-state index contributed by atoms with van der Waals surface area (Å²) in [4.78, 5) is 11.5. The fourth-order valence-electron chi connectivity index (χ4n) is 2.05. The molecule has 0 saturated heterocycles. The highest BCUT2D eigenvalue weighted by Crippen LogP contribution is 2.22. The van der Waals surface area contributed by atoms with Crippen LogP contribution in [0.4, 0.5) is 0 Å². The Labute approximate surface area is 105 Å². The van der Waals surface area contributed by atoms with Crippen molar-refractivity contribution < 1.29 is 9.53 Å². The number of hydrogen-bond donors (Lipinski definition) is 0. The van der Waals surface area contributed by atoms with Gasteiger partial charge in [-0.3, -0.25) is 4.79 Å². The van der Waals surface area contributed by atoms with Gasteiger partial charge < -0.3 is 4.74 Å². The van der Waals surface area contributed by atoms with Gasteiger partial charge in [0.05, 0.1) is 0 Å². The van der Waals surface area contributed by atoms with Crippen molar-refractivity contribution in [1.82, 2.24) is 0 Å². The maximum atomic E-state index is 11.5. The lowest BCUT2D eigenvalue weighted by atomic mass is 9.97. The lowest BCUT2D eigenvalue weighted by molar-refractivity contribution is -0.139. The molecule has 1 rings (SSSR count). The first-order valence-corrected chi connectivity index (χ1v) is 6.83. The molecular formula is C15H24O2. The van der Waals surface area contributed by atoms with Gasteiger partial charge in [0, 0.05) is 6.42 Å². The van der Waals surface area contributed by atoms with Crippen molar-refractivity contribution in [2.24, 2.45) is 5.92 Å². The summed E-state index contributed by atoms with van der Waals surface area (Å²) in [5, 5.41) is 0. The molecule has 1 aliphatic carbocycles. The molecule has 0 aromatic carbocycles. The van der Waals surface area contributed by atoms with Gasteiger partial charge in [-0.15, -0.1) is 0 Å². The molecule has 0 aromatic heterocycles. The molecule has 17 heavy (non-hydrogen) atoms. The van der Waals surface area contributed by atoms with Crippen LogP contribution in [0.25, 0.3) is 0 Å². The zero-order chi connectivity index (χ0) is 12.5. The molecule has 1 unspecified atom stereocenters. The van der Waals surface area contributed by atoms with Crippen LogP contribution in [0.5, 0.6) is 0 Å². The third-order valence-electron chi connectivity index (χ3n) is 3.07. The van der Waals surface area contributed by atoms with E-state index < -0.39 is 0 Å². The number of carbonyl (C=O) groups excluding carboxylic acids is 1. The smallest absolute Gasteiger partial charge is 0.311 e. The van der Waals surface area contributed by atoms with Crippen LogP contribution in [0.2, 0.25) is 0 Å². The van der Waals surface area contributed by atoms with Crippen LogP contribution >= 0.6 is 0 Å². The maximum Gasteiger partial charge on any atom is 0.311 e. The van der Waals surface area contributed by atoms with E-state index in [1.54, 1.807) is 0 Å². The molecule has 1 atom stereocenters. The summed E-state index contributed by atoms with van der Waals surface area (Å²) in [5.74, 6) is 1.35. The standard InChI is InChI=1S/C15H24O2/c1-3-5-10-15(16)17-14-9-6-8-13(7-4-2)11-12-14/h6,9,12-13H,3-5,7-8,10-11H2,1-2H3. The molecule has 0 spiro atoms. The Morgan fingerprint density at radius 3 is 2.88 bits per heavy atom. The Kier molecular flexibility index (Phi) is 6.68. The predicted molar refractivity (Wildman–Crippen MR) is 70.5 cm³/mol. The van der Waals surface area contributed by atoms with E-state index in [0.717, 1.165) is 31.4 Å². The molecule has 0 N–H and O–H groups in total. The lowest BCUT2D eigenvalue weighted by Crippen LogP contribution is -2.03. The minimum absolute atomic E-state index is 0.100. The van der Waals surface area contributed by atoms with Gasteiger partial charge >= 0.3 is 5.97 Å². The van der Waals surface area contributed by atoms with Crippen LogP contribution in [0, 0.1) is 5.92 Å². The topological polar surface area (TPSA) is 26.3 Å². The molecule has 0 saturated carbocycles. The number of esters is 1. The predicted octanol–water partition coefficient (Wildman–Crippen LogP) is 4.37. The van der Waals surface area contributed by atoms with E-state index in [1.807, 2.05) is 6.08 Å². The summed E-state index contributed by atoms with van der Waals surface area (Å²) in [6.45, 7) is 4.29. The molecule has 0 amide bonds. The van der Waals surface area contributed by atoms with Gasteiger partial charge in [-0.1, -0.05) is 39.2 Å². The highest BCUT2D eigenvalue weighted by atomic mass is 16.5. The Morgan fingerprint density at radius 2 is 2.18 bits per heavy atom. The quantitative estimate of drug-likeness (QED) is 0.640. The van der Waals surface area contributed by atoms with Crippen molar-refractivity contribution in [3.63, 3.8) is 0 Å². The third-order valence-corrected chi connectivity index (χ3v) is 3.07. The van der Waals surface area contributed by atoms with Crippen LogP contribution in [0.15, 0.2) is 24.0 Å². The second-order valence-corrected chi connectivity index (χ2v) is 4.71. The summed E-state index contributed by atoms with van der Waals surface area (Å²) in [5.41, 5.74) is 0. The van der Waals surface area contributed by atoms with Gasteiger partial charge in [-0.05, 0) is 37.3 Å². The van der Waals surface area contributed by atoms with Gasteiger partial charge in [0.25, 0.3) is 0 Å². The van der Waals surface area contributed by atoms with E-state index in [-0.39, 0.29) is 5.97 Å². The van der Waals surface area contributed by atoms with E-state index in [2.05, 4.69) is 26.0 Å². The van der Waals surface area contributed by atoms with E-state index in [1.165, 1.54) is 12.8 Å². The molecule has 2 heteroatoms. The van der Waals surface area contributed by atoms with Crippen LogP contribution in [-0.4, -0.2) is 5.97 Å². The number of carbonyl (C=O) groups is 1. The van der Waals surface area contributed by atoms with E-state index in [9.17, 15) is 4.79 Å². The zero-order valence-corrected chi connectivity index (χ0v) is 11.1. The summed E-state index contributed by atoms with van der Waals surface area (Å²) in [6.07, 6.45) is 13.2. The number of unbranched alkanes of at least 4 members (excludes halogenated alkanes) is 1. The summed E-state index contributed by atoms with van der Waals surface area (Å²) in [6, 6.07) is 0. The van der Waals surface area contributed by atoms with Crippen molar-refractivity contribution in [3.05, 3.63) is 24.0 Å². The largest absolute Gasteiger partial charge is 0.427 e. The number of hydrogen-bond acceptors (Lipinski definition) is 2. The number of rotatable bonds is 6. The van der Waals surface area contributed by atoms with Gasteiger partial charge in [0.15, 0.2) is 0 Å². The highest BCUT2D eigenvalue weighted by molar-refractivity contribution is 5.70. The van der Waals surface area contributed by atoms with E-state index >= 15 is 0 Å². The van der Waals surface area contributed by atoms with Crippen molar-refractivity contribution in [1.29, 1.82) is 0 Å². The van der Waals surface area contributed by atoms with E-state index in [4.69, 9.17) is 4.74 Å². The lowest BCUT2D eigenvalue weighted by Gasteiger charge is -2.09. The molecular weight excluding hydrogens is 212 g/mol. The molecule has 0 bridgehead atoms. The fourth-order valence-corrected chi connectivity index (χ4v) is 2.05. The Bertz CT molecular complexity index is 289. The summed E-state index contributed by atoms with van der Waals surface area (Å²) < 4.78 is 5.34. The van der Waals surface area contributed by atoms with Gasteiger partial charge in [0.1, 0.15) is 5.76 Å². The van der Waals surface area contributed by atoms with Crippen molar-refractivity contribution >= 4 is 5.97 Å². The third kappa shape index (κ3) is 5.71. The van der Waals surface area contributed by atoms with Crippen molar-refractivity contribution in [2.75, 3.05) is 0 Å². The first kappa shape index (κ1) is 14.0. The van der Waals surface area contributed by atoms with Crippen LogP contribution < -0.4 is 0 Å². The average Bonchev–Trinajstić information content (AvgIpc) is 2.53. The fraction of sp³-hybridized carbons (Fsp3) is 0.667. The number of allylic oxidation sites excluding steroid dienone is 3. The Hall–Kier alpha value is -1.05. The van der Waals surface area contributed by atoms with Crippen LogP contribution in [0.1, 0.15) is 58.8 Å². The number of ether oxygens (including phenoxy) is 1. The Morgan fingerprint density at radius 1 is 1.35 bits per heavy atom. The average molecular weight is 236 g/mol. The normalized spacial score (nSPS) is 19.6.